The number of nitrogens with one attached hydrogen (secondary N) is 1. The number of methoxy groups -OCH3 is 2. The number of hydrogen-bond acceptors (Lipinski definition) is 12. The number of aromatic nitrogens is 2. The van der Waals surface area contributed by atoms with Crippen LogP contribution in [0.5, 0.6) is 11.5 Å². The highest BCUT2D eigenvalue weighted by molar-refractivity contribution is 7.44. The zero-order valence-electron chi connectivity index (χ0n) is 38.7. The first-order valence-corrected chi connectivity index (χ1v) is 25.3. The van der Waals surface area contributed by atoms with E-state index >= 15 is 0 Å². The molecule has 1 aromatic heterocycles. The van der Waals surface area contributed by atoms with Gasteiger partial charge >= 0.3 is 5.69 Å². The van der Waals surface area contributed by atoms with Gasteiger partial charge in [0.1, 0.15) is 41.2 Å². The Balaban J connectivity index is 1.74. The van der Waals surface area contributed by atoms with E-state index in [-0.39, 0.29) is 48.5 Å². The van der Waals surface area contributed by atoms with Crippen LogP contribution in [0.3, 0.4) is 0 Å². The van der Waals surface area contributed by atoms with E-state index in [1.54, 1.807) is 26.5 Å². The van der Waals surface area contributed by atoms with Gasteiger partial charge in [-0.05, 0) is 92.8 Å². The van der Waals surface area contributed by atoms with Crippen LogP contribution < -0.4 is 20.5 Å². The molecule has 340 valence electrons. The van der Waals surface area contributed by atoms with E-state index in [1.165, 1.54) is 11.5 Å². The molecule has 1 fully saturated rings. The van der Waals surface area contributed by atoms with Gasteiger partial charge in [-0.15, -0.1) is 0 Å². The van der Waals surface area contributed by atoms with Gasteiger partial charge in [-0.2, -0.15) is 10.2 Å². The highest BCUT2D eigenvalue weighted by Gasteiger charge is 2.54. The molecule has 3 aromatic carbocycles. The summed E-state index contributed by atoms with van der Waals surface area (Å²) < 4.78 is 50.3. The van der Waals surface area contributed by atoms with Gasteiger partial charge in [0.2, 0.25) is 5.91 Å². The Bertz CT molecular complexity index is 2140. The number of nitriles is 1. The number of carbonyl (C=O) groups excluding carboxylic acids is 1. The third-order valence-electron chi connectivity index (χ3n) is 11.4. The number of amides is 1. The summed E-state index contributed by atoms with van der Waals surface area (Å²) in [6.07, 6.45) is -1.94. The van der Waals surface area contributed by atoms with Gasteiger partial charge in [0.15, 0.2) is 14.5 Å². The Morgan fingerprint density at radius 3 is 1.94 bits per heavy atom. The summed E-state index contributed by atoms with van der Waals surface area (Å²) in [6.45, 7) is 20.4. The van der Waals surface area contributed by atoms with Crippen molar-refractivity contribution in [1.29, 1.82) is 5.26 Å². The zero-order chi connectivity index (χ0) is 46.1. The van der Waals surface area contributed by atoms with E-state index in [4.69, 9.17) is 32.4 Å². The molecule has 1 saturated heterocycles. The highest BCUT2D eigenvalue weighted by Crippen LogP contribution is 2.52. The monoisotopic (exact) mass is 901 g/mol. The second-order valence-corrected chi connectivity index (χ2v) is 23.7. The molecular weight excluding hydrogens is 838 g/mol. The third kappa shape index (κ3) is 11.6. The maximum absolute atomic E-state index is 14.0. The Labute approximate surface area is 374 Å². The standard InChI is InChI=1S/C47H64N5O9PSi/c1-32(2)52(33(3)4)62(58-30-16-28-48)60-42-40(59-44(43(42)61-63(11,12)46(6,7)8)51-29-27-41(49-34(5)53)50-45(51)54)31-57-47(35-17-14-13-15-18-35,36-19-23-38(55-9)24-20-36)37-21-25-39(56-10)26-22-37/h13-15,17-27,29,32-33,40,42-44H,16,30-31H2,1-12H3,(H,49,50,53,54)/t40-,42-,43-,44-,62?/m1/s1. The van der Waals surface area contributed by atoms with Crippen molar-refractivity contribution in [3.63, 3.8) is 0 Å². The number of ether oxygens (including phenoxy) is 4. The number of rotatable bonds is 20. The minimum absolute atomic E-state index is 0.00483. The van der Waals surface area contributed by atoms with Gasteiger partial charge in [0.25, 0.3) is 8.53 Å². The van der Waals surface area contributed by atoms with Crippen molar-refractivity contribution in [3.8, 4) is 17.6 Å². The summed E-state index contributed by atoms with van der Waals surface area (Å²) in [5.41, 5.74) is 0.633. The minimum Gasteiger partial charge on any atom is -0.497 e. The van der Waals surface area contributed by atoms with E-state index in [0.717, 1.165) is 16.7 Å². The normalized spacial score (nSPS) is 18.7. The van der Waals surface area contributed by atoms with Crippen molar-refractivity contribution < 1.29 is 37.2 Å². The van der Waals surface area contributed by atoms with Crippen molar-refractivity contribution in [2.24, 2.45) is 0 Å². The van der Waals surface area contributed by atoms with Gasteiger partial charge in [0.05, 0.1) is 39.9 Å². The van der Waals surface area contributed by atoms with E-state index in [0.29, 0.717) is 11.5 Å². The van der Waals surface area contributed by atoms with Crippen molar-refractivity contribution in [1.82, 2.24) is 14.2 Å². The van der Waals surface area contributed by atoms with Gasteiger partial charge in [0, 0.05) is 25.2 Å². The zero-order valence-corrected chi connectivity index (χ0v) is 40.6. The molecule has 1 amide bonds. The van der Waals surface area contributed by atoms with Crippen LogP contribution in [-0.2, 0) is 33.3 Å². The van der Waals surface area contributed by atoms with Crippen LogP contribution in [0.1, 0.15) is 84.7 Å². The molecule has 0 spiro atoms. The molecule has 0 aliphatic carbocycles. The summed E-state index contributed by atoms with van der Waals surface area (Å²) >= 11 is 0. The van der Waals surface area contributed by atoms with Crippen LogP contribution >= 0.6 is 8.53 Å². The largest absolute Gasteiger partial charge is 0.497 e. The SMILES string of the molecule is COc1ccc(C(OC[C@H]2O[C@@H](n3ccc(NC(C)=O)nc3=O)[C@H](O[Si](C)(C)C(C)(C)C)[C@@H]2OP(OCCC#N)N(C(C)C)C(C)C)(c2ccccc2)c2ccc(OC)cc2)cc1. The molecule has 1 unspecified atom stereocenters. The van der Waals surface area contributed by atoms with Gasteiger partial charge in [-0.1, -0.05) is 75.4 Å². The lowest BCUT2D eigenvalue weighted by Gasteiger charge is -2.42. The molecular formula is C47H64N5O9PSi. The van der Waals surface area contributed by atoms with Crippen LogP contribution in [0.4, 0.5) is 5.82 Å². The molecule has 5 atom stereocenters. The number of benzene rings is 3. The van der Waals surface area contributed by atoms with Crippen LogP contribution in [0.2, 0.25) is 18.1 Å². The highest BCUT2D eigenvalue weighted by atomic mass is 31.2. The molecule has 5 rings (SSSR count). The topological polar surface area (TPSA) is 156 Å². The van der Waals surface area contributed by atoms with Crippen LogP contribution in [-0.4, -0.2) is 86.3 Å². The van der Waals surface area contributed by atoms with E-state index in [1.807, 2.05) is 78.9 Å². The second-order valence-electron chi connectivity index (χ2n) is 17.5. The van der Waals surface area contributed by atoms with Crippen molar-refractivity contribution in [3.05, 3.63) is 118 Å². The van der Waals surface area contributed by atoms with E-state index < -0.39 is 52.7 Å². The molecule has 1 aliphatic heterocycles. The number of anilines is 1. The fourth-order valence-electron chi connectivity index (χ4n) is 7.37. The first-order valence-electron chi connectivity index (χ1n) is 21.3. The Hall–Kier alpha value is -4.49. The maximum atomic E-state index is 14.0. The fourth-order valence-corrected chi connectivity index (χ4v) is 10.4. The average Bonchev–Trinajstić information content (AvgIpc) is 3.55. The lowest BCUT2D eigenvalue weighted by molar-refractivity contribution is -0.114. The van der Waals surface area contributed by atoms with Crippen molar-refractivity contribution in [2.75, 3.05) is 32.8 Å². The second kappa shape index (κ2) is 21.5. The van der Waals surface area contributed by atoms with Gasteiger partial charge in [-0.25, -0.2) is 9.46 Å². The molecule has 0 radical (unpaired) electrons. The Morgan fingerprint density at radius 2 is 1.46 bits per heavy atom. The molecule has 63 heavy (non-hydrogen) atoms. The predicted molar refractivity (Wildman–Crippen MR) is 247 cm³/mol. The summed E-state index contributed by atoms with van der Waals surface area (Å²) in [5, 5.41) is 11.9. The minimum atomic E-state index is -2.66. The molecule has 1 aliphatic rings. The average molecular weight is 902 g/mol. The quantitative estimate of drug-likeness (QED) is 0.0389. The first-order chi connectivity index (χ1) is 29.9. The molecule has 0 saturated carbocycles. The molecule has 1 N–H and O–H groups in total. The molecule has 2 heterocycles. The molecule has 14 nitrogen and oxygen atoms in total. The third-order valence-corrected chi connectivity index (χ3v) is 18.0. The predicted octanol–water partition coefficient (Wildman–Crippen LogP) is 9.18. The van der Waals surface area contributed by atoms with E-state index in [9.17, 15) is 14.9 Å². The van der Waals surface area contributed by atoms with Crippen LogP contribution in [0.25, 0.3) is 0 Å². The Kier molecular flexibility index (Phi) is 16.9. The number of nitrogens with zero attached hydrogens (tertiary/aromatic N) is 4. The summed E-state index contributed by atoms with van der Waals surface area (Å²) in [4.78, 5) is 30.2. The lowest BCUT2D eigenvalue weighted by Crippen LogP contribution is -2.50. The van der Waals surface area contributed by atoms with Gasteiger partial charge < -0.3 is 37.7 Å². The smallest absolute Gasteiger partial charge is 0.351 e. The van der Waals surface area contributed by atoms with Crippen LogP contribution in [0.15, 0.2) is 95.9 Å². The summed E-state index contributed by atoms with van der Waals surface area (Å²) in [6, 6.07) is 29.2. The summed E-state index contributed by atoms with van der Waals surface area (Å²) in [5.74, 6) is 1.12. The lowest BCUT2D eigenvalue weighted by atomic mass is 9.80. The number of hydrogen-bond donors (Lipinski definition) is 1. The van der Waals surface area contributed by atoms with Crippen LogP contribution in [0, 0.1) is 11.3 Å². The van der Waals surface area contributed by atoms with Crippen molar-refractivity contribution >= 4 is 28.6 Å². The Morgan fingerprint density at radius 1 is 0.905 bits per heavy atom. The fraction of sp³-hybridized carbons (Fsp3) is 0.489. The maximum Gasteiger partial charge on any atom is 0.351 e. The van der Waals surface area contributed by atoms with Gasteiger partial charge in [-0.3, -0.25) is 9.36 Å². The molecule has 0 bridgehead atoms. The number of carbonyl (C=O) groups is 1. The molecule has 16 heteroatoms. The van der Waals surface area contributed by atoms with Crippen molar-refractivity contribution in [2.45, 2.75) is 122 Å². The first kappa shape index (κ1) is 49.5. The summed E-state index contributed by atoms with van der Waals surface area (Å²) in [7, 11) is -1.24. The molecule has 4 aromatic rings. The van der Waals surface area contributed by atoms with E-state index in [2.05, 4.69) is 82.6 Å².